The average molecular weight is 406 g/mol. The zero-order valence-corrected chi connectivity index (χ0v) is 17.2. The molecular weight excluding hydrogens is 378 g/mol. The van der Waals surface area contributed by atoms with Gasteiger partial charge in [-0.1, -0.05) is 19.9 Å². The maximum absolute atomic E-state index is 11.7. The Bertz CT molecular complexity index is 962. The first-order valence-electron chi connectivity index (χ1n) is 9.30. The van der Waals surface area contributed by atoms with Gasteiger partial charge in [0, 0.05) is 19.2 Å². The maximum Gasteiger partial charge on any atom is 0.238 e. The molecule has 8 nitrogen and oxygen atoms in total. The molecule has 0 fully saturated rings. The molecule has 4 N–H and O–H groups in total. The Morgan fingerprint density at radius 3 is 2.64 bits per heavy atom. The number of benzene rings is 1. The zero-order valence-electron chi connectivity index (χ0n) is 16.4. The molecule has 1 aliphatic rings. The molecule has 3 rings (SSSR count). The summed E-state index contributed by atoms with van der Waals surface area (Å²) in [6.07, 6.45) is 0.789. The third-order valence-corrected chi connectivity index (χ3v) is 5.91. The quantitative estimate of drug-likeness (QED) is 0.664. The fourth-order valence-corrected chi connectivity index (χ4v) is 3.87. The van der Waals surface area contributed by atoms with Crippen LogP contribution in [-0.4, -0.2) is 42.7 Å². The molecule has 1 aliphatic heterocycles. The first kappa shape index (κ1) is 20.5. The number of hydrogen-bond acceptors (Lipinski definition) is 7. The molecule has 1 atom stereocenters. The monoisotopic (exact) mass is 405 g/mol. The van der Waals surface area contributed by atoms with E-state index in [9.17, 15) is 13.5 Å². The third-order valence-electron chi connectivity index (χ3n) is 5.00. The van der Waals surface area contributed by atoms with E-state index in [0.717, 1.165) is 29.9 Å². The Hall–Kier alpha value is -2.23. The van der Waals surface area contributed by atoms with Crippen molar-refractivity contribution in [2.75, 3.05) is 23.4 Å². The van der Waals surface area contributed by atoms with E-state index in [1.165, 1.54) is 0 Å². The summed E-state index contributed by atoms with van der Waals surface area (Å²) in [4.78, 5) is 11.2. The van der Waals surface area contributed by atoms with Crippen molar-refractivity contribution in [3.05, 3.63) is 41.2 Å². The molecule has 1 aromatic carbocycles. The number of aromatic nitrogens is 2. The summed E-state index contributed by atoms with van der Waals surface area (Å²) >= 11 is 0. The lowest BCUT2D eigenvalue weighted by Crippen LogP contribution is -2.32. The normalized spacial score (nSPS) is 15.4. The Balaban J connectivity index is 1.87. The number of aliphatic hydroxyl groups is 1. The van der Waals surface area contributed by atoms with Gasteiger partial charge >= 0.3 is 0 Å². The molecule has 2 aromatic rings. The van der Waals surface area contributed by atoms with Crippen LogP contribution in [0.15, 0.2) is 29.2 Å². The van der Waals surface area contributed by atoms with Crippen LogP contribution >= 0.6 is 0 Å². The van der Waals surface area contributed by atoms with Gasteiger partial charge in [-0.25, -0.2) is 23.5 Å². The Labute approximate surface area is 165 Å². The van der Waals surface area contributed by atoms with Crippen LogP contribution in [-0.2, 0) is 23.0 Å². The van der Waals surface area contributed by atoms with E-state index in [0.29, 0.717) is 18.2 Å². The average Bonchev–Trinajstić information content (AvgIpc) is 2.63. The molecule has 9 heteroatoms. The maximum atomic E-state index is 11.7. The highest BCUT2D eigenvalue weighted by Crippen LogP contribution is 2.26. The third kappa shape index (κ3) is 4.60. The number of rotatable bonds is 6. The molecule has 0 bridgehead atoms. The molecule has 152 valence electrons. The topological polar surface area (TPSA) is 121 Å². The van der Waals surface area contributed by atoms with Gasteiger partial charge in [0.25, 0.3) is 0 Å². The predicted octanol–water partition coefficient (Wildman–Crippen LogP) is 1.42. The molecule has 2 heterocycles. The summed E-state index contributed by atoms with van der Waals surface area (Å²) in [6.45, 7) is 7.23. The van der Waals surface area contributed by atoms with Crippen molar-refractivity contribution in [1.82, 2.24) is 9.97 Å². The number of nitrogens with two attached hydrogens (primary N) is 1. The minimum Gasteiger partial charge on any atom is -0.394 e. The smallest absolute Gasteiger partial charge is 0.238 e. The van der Waals surface area contributed by atoms with Gasteiger partial charge < -0.3 is 15.3 Å². The summed E-state index contributed by atoms with van der Waals surface area (Å²) in [5.74, 6) is 2.31. The van der Waals surface area contributed by atoms with E-state index in [1.54, 1.807) is 12.1 Å². The summed E-state index contributed by atoms with van der Waals surface area (Å²) in [6, 6.07) is 6.80. The van der Waals surface area contributed by atoms with Crippen LogP contribution < -0.4 is 15.4 Å². The van der Waals surface area contributed by atoms with Crippen molar-refractivity contribution in [3.63, 3.8) is 0 Å². The Morgan fingerprint density at radius 1 is 1.25 bits per heavy atom. The minimum absolute atomic E-state index is 0.0173. The van der Waals surface area contributed by atoms with Gasteiger partial charge in [0.2, 0.25) is 10.0 Å². The number of primary sulfonamides is 1. The van der Waals surface area contributed by atoms with Gasteiger partial charge in [0.15, 0.2) is 0 Å². The van der Waals surface area contributed by atoms with E-state index < -0.39 is 10.0 Å². The number of nitrogens with zero attached hydrogens (tertiary/aromatic N) is 3. The zero-order chi connectivity index (χ0) is 20.5. The highest BCUT2D eigenvalue weighted by molar-refractivity contribution is 7.89. The Kier molecular flexibility index (Phi) is 5.87. The largest absolute Gasteiger partial charge is 0.394 e. The summed E-state index contributed by atoms with van der Waals surface area (Å²) < 4.78 is 23.3. The molecule has 0 saturated carbocycles. The van der Waals surface area contributed by atoms with Gasteiger partial charge in [-0.05, 0) is 42.5 Å². The fourth-order valence-electron chi connectivity index (χ4n) is 3.31. The van der Waals surface area contributed by atoms with Gasteiger partial charge in [-0.3, -0.25) is 0 Å². The van der Waals surface area contributed by atoms with E-state index in [-0.39, 0.29) is 23.5 Å². The van der Waals surface area contributed by atoms with Crippen LogP contribution in [0.3, 0.4) is 0 Å². The second-order valence-corrected chi connectivity index (χ2v) is 9.04. The van der Waals surface area contributed by atoms with E-state index >= 15 is 0 Å². The van der Waals surface area contributed by atoms with Crippen LogP contribution in [0.2, 0.25) is 0 Å². The van der Waals surface area contributed by atoms with Crippen molar-refractivity contribution in [2.45, 2.75) is 44.7 Å². The van der Waals surface area contributed by atoms with E-state index in [1.807, 2.05) is 32.9 Å². The SMILES string of the molecule is Cc1nc(N[C@@H](CO)C(C)C)cc(N2CCc3ccc(S(N)(=O)=O)cc3C2)n1. The first-order chi connectivity index (χ1) is 13.2. The van der Waals surface area contributed by atoms with E-state index in [4.69, 9.17) is 5.14 Å². The molecule has 0 radical (unpaired) electrons. The number of aliphatic hydroxyl groups excluding tert-OH is 1. The molecule has 0 amide bonds. The lowest BCUT2D eigenvalue weighted by atomic mass is 10.00. The highest BCUT2D eigenvalue weighted by Gasteiger charge is 2.21. The number of hydrogen-bond donors (Lipinski definition) is 3. The number of fused-ring (bicyclic) bond motifs is 1. The van der Waals surface area contributed by atoms with Crippen molar-refractivity contribution < 1.29 is 13.5 Å². The molecule has 0 spiro atoms. The van der Waals surface area contributed by atoms with E-state index in [2.05, 4.69) is 20.2 Å². The molecule has 0 saturated heterocycles. The predicted molar refractivity (Wildman–Crippen MR) is 109 cm³/mol. The second kappa shape index (κ2) is 8.02. The lowest BCUT2D eigenvalue weighted by Gasteiger charge is -2.30. The number of aryl methyl sites for hydroxylation is 1. The summed E-state index contributed by atoms with van der Waals surface area (Å²) in [5.41, 5.74) is 2.05. The van der Waals surface area contributed by atoms with Crippen LogP contribution in [0.25, 0.3) is 0 Å². The van der Waals surface area contributed by atoms with Crippen LogP contribution in [0.4, 0.5) is 11.6 Å². The number of nitrogens with one attached hydrogen (secondary N) is 1. The van der Waals surface area contributed by atoms with Crippen molar-refractivity contribution in [2.24, 2.45) is 11.1 Å². The van der Waals surface area contributed by atoms with Gasteiger partial charge in [0.1, 0.15) is 17.5 Å². The second-order valence-electron chi connectivity index (χ2n) is 7.48. The standard InChI is InChI=1S/C19H27N5O3S/c1-12(2)17(11-25)23-18-9-19(22-13(3)21-18)24-7-6-14-4-5-16(28(20,26)27)8-15(14)10-24/h4-5,8-9,12,17,25H,6-7,10-11H2,1-3H3,(H2,20,26,27)(H,21,22,23)/t17-/m0/s1. The van der Waals surface area contributed by atoms with Crippen molar-refractivity contribution >= 4 is 21.7 Å². The van der Waals surface area contributed by atoms with Crippen LogP contribution in [0.1, 0.15) is 30.8 Å². The van der Waals surface area contributed by atoms with Gasteiger partial charge in [-0.15, -0.1) is 0 Å². The Morgan fingerprint density at radius 2 is 2.00 bits per heavy atom. The van der Waals surface area contributed by atoms with Crippen LogP contribution in [0, 0.1) is 12.8 Å². The fraction of sp³-hybridized carbons (Fsp3) is 0.474. The summed E-state index contributed by atoms with van der Waals surface area (Å²) in [5, 5.41) is 18.1. The summed E-state index contributed by atoms with van der Waals surface area (Å²) in [7, 11) is -3.73. The number of sulfonamides is 1. The first-order valence-corrected chi connectivity index (χ1v) is 10.8. The van der Waals surface area contributed by atoms with Crippen molar-refractivity contribution in [1.29, 1.82) is 0 Å². The van der Waals surface area contributed by atoms with Crippen LogP contribution in [0.5, 0.6) is 0 Å². The molecule has 0 aliphatic carbocycles. The molecule has 1 aromatic heterocycles. The highest BCUT2D eigenvalue weighted by atomic mass is 32.2. The van der Waals surface area contributed by atoms with Crippen molar-refractivity contribution in [3.8, 4) is 0 Å². The van der Waals surface area contributed by atoms with Gasteiger partial charge in [-0.2, -0.15) is 0 Å². The lowest BCUT2D eigenvalue weighted by molar-refractivity contribution is 0.249. The molecule has 28 heavy (non-hydrogen) atoms. The number of anilines is 2. The minimum atomic E-state index is -3.73. The molecule has 0 unspecified atom stereocenters. The van der Waals surface area contributed by atoms with Gasteiger partial charge in [0.05, 0.1) is 17.5 Å². The molecular formula is C19H27N5O3S.